The minimum atomic E-state index is -0.226. The van der Waals surface area contributed by atoms with Gasteiger partial charge in [-0.05, 0) is 11.6 Å². The van der Waals surface area contributed by atoms with E-state index in [1.165, 1.54) is 0 Å². The van der Waals surface area contributed by atoms with E-state index in [4.69, 9.17) is 21.1 Å². The van der Waals surface area contributed by atoms with Crippen LogP contribution in [-0.4, -0.2) is 38.1 Å². The van der Waals surface area contributed by atoms with Gasteiger partial charge >= 0.3 is 0 Å². The third-order valence-electron chi connectivity index (χ3n) is 4.16. The maximum absolute atomic E-state index is 9.71. The van der Waals surface area contributed by atoms with Gasteiger partial charge in [0.2, 0.25) is 0 Å². The van der Waals surface area contributed by atoms with Crippen molar-refractivity contribution in [3.05, 3.63) is 34.9 Å². The first-order chi connectivity index (χ1) is 8.24. The van der Waals surface area contributed by atoms with Crippen molar-refractivity contribution in [3.8, 4) is 0 Å². The fourth-order valence-electron chi connectivity index (χ4n) is 2.77. The molecule has 1 N–H and O–H groups in total. The van der Waals surface area contributed by atoms with Crippen molar-refractivity contribution in [2.24, 2.45) is 5.41 Å². The van der Waals surface area contributed by atoms with Gasteiger partial charge in [0, 0.05) is 5.02 Å². The van der Waals surface area contributed by atoms with Gasteiger partial charge in [0.05, 0.1) is 43.9 Å². The summed E-state index contributed by atoms with van der Waals surface area (Å²) in [5, 5.41) is 10.5. The van der Waals surface area contributed by atoms with Crippen LogP contribution >= 0.6 is 11.6 Å². The smallest absolute Gasteiger partial charge is 0.0594 e. The second-order valence-corrected chi connectivity index (χ2v) is 5.39. The standard InChI is InChI=1S/C13H15ClO3/c14-11-4-2-1-3-10(11)13(8-17-9-13)12(5-15)6-16-7-12/h1-4,15H,5-9H2. The van der Waals surface area contributed by atoms with E-state index < -0.39 is 0 Å². The van der Waals surface area contributed by atoms with Crippen LogP contribution < -0.4 is 0 Å². The maximum Gasteiger partial charge on any atom is 0.0594 e. The summed E-state index contributed by atoms with van der Waals surface area (Å²) < 4.78 is 10.7. The van der Waals surface area contributed by atoms with E-state index in [2.05, 4.69) is 0 Å². The Labute approximate surface area is 105 Å². The number of benzene rings is 1. The second kappa shape index (κ2) is 3.95. The SMILES string of the molecule is OCC1(C2(c3ccccc3Cl)COC2)COC1. The summed E-state index contributed by atoms with van der Waals surface area (Å²) in [4.78, 5) is 0. The van der Waals surface area contributed by atoms with Gasteiger partial charge in [-0.15, -0.1) is 0 Å². The maximum atomic E-state index is 9.71. The lowest BCUT2D eigenvalue weighted by Crippen LogP contribution is -2.68. The van der Waals surface area contributed by atoms with Gasteiger partial charge in [-0.3, -0.25) is 0 Å². The van der Waals surface area contributed by atoms with Crippen molar-refractivity contribution in [1.29, 1.82) is 0 Å². The van der Waals surface area contributed by atoms with E-state index in [9.17, 15) is 5.11 Å². The fraction of sp³-hybridized carbons (Fsp3) is 0.538. The molecule has 0 radical (unpaired) electrons. The molecule has 0 aliphatic carbocycles. The number of ether oxygens (including phenoxy) is 2. The Hall–Kier alpha value is -0.610. The van der Waals surface area contributed by atoms with Crippen molar-refractivity contribution < 1.29 is 14.6 Å². The van der Waals surface area contributed by atoms with Crippen LogP contribution in [0.25, 0.3) is 0 Å². The number of rotatable bonds is 3. The van der Waals surface area contributed by atoms with Gasteiger partial charge in [-0.1, -0.05) is 29.8 Å². The Bertz CT molecular complexity index is 419. The van der Waals surface area contributed by atoms with Crippen LogP contribution in [0.5, 0.6) is 0 Å². The number of halogens is 1. The van der Waals surface area contributed by atoms with E-state index >= 15 is 0 Å². The van der Waals surface area contributed by atoms with Crippen LogP contribution in [0.4, 0.5) is 0 Å². The lowest BCUT2D eigenvalue weighted by Gasteiger charge is -2.58. The van der Waals surface area contributed by atoms with Crippen LogP contribution in [0.1, 0.15) is 5.56 Å². The van der Waals surface area contributed by atoms with E-state index in [0.29, 0.717) is 26.4 Å². The normalized spacial score (nSPS) is 24.8. The van der Waals surface area contributed by atoms with E-state index in [1.54, 1.807) is 0 Å². The Morgan fingerprint density at radius 3 is 2.18 bits per heavy atom. The molecule has 3 rings (SSSR count). The van der Waals surface area contributed by atoms with Crippen molar-refractivity contribution in [1.82, 2.24) is 0 Å². The highest BCUT2D eigenvalue weighted by Gasteiger charge is 2.61. The van der Waals surface area contributed by atoms with Crippen LogP contribution in [-0.2, 0) is 14.9 Å². The van der Waals surface area contributed by atoms with Crippen LogP contribution in [0.3, 0.4) is 0 Å². The molecule has 92 valence electrons. The Kier molecular flexibility index (Phi) is 2.67. The molecule has 3 nitrogen and oxygen atoms in total. The third-order valence-corrected chi connectivity index (χ3v) is 4.49. The summed E-state index contributed by atoms with van der Waals surface area (Å²) in [6, 6.07) is 7.82. The molecule has 2 saturated heterocycles. The van der Waals surface area contributed by atoms with Gasteiger partial charge in [-0.25, -0.2) is 0 Å². The average Bonchev–Trinajstić information content (AvgIpc) is 2.22. The molecular formula is C13H15ClO3. The van der Waals surface area contributed by atoms with Crippen molar-refractivity contribution in [2.45, 2.75) is 5.41 Å². The lowest BCUT2D eigenvalue weighted by molar-refractivity contribution is -0.242. The Balaban J connectivity index is 2.06. The minimum absolute atomic E-state index is 0.113. The third kappa shape index (κ3) is 1.40. The molecule has 0 unspecified atom stereocenters. The van der Waals surface area contributed by atoms with Gasteiger partial charge in [0.1, 0.15) is 0 Å². The Morgan fingerprint density at radius 2 is 1.76 bits per heavy atom. The monoisotopic (exact) mass is 254 g/mol. The molecule has 0 amide bonds. The zero-order valence-corrected chi connectivity index (χ0v) is 10.2. The summed E-state index contributed by atoms with van der Waals surface area (Å²) in [6.07, 6.45) is 0. The average molecular weight is 255 g/mol. The molecule has 17 heavy (non-hydrogen) atoms. The lowest BCUT2D eigenvalue weighted by atomic mass is 9.57. The first-order valence-corrected chi connectivity index (χ1v) is 6.13. The highest BCUT2D eigenvalue weighted by molar-refractivity contribution is 6.31. The van der Waals surface area contributed by atoms with Crippen LogP contribution in [0.15, 0.2) is 24.3 Å². The summed E-state index contributed by atoms with van der Waals surface area (Å²) in [7, 11) is 0. The van der Waals surface area contributed by atoms with E-state index in [1.807, 2.05) is 24.3 Å². The minimum Gasteiger partial charge on any atom is -0.396 e. The number of aliphatic hydroxyl groups is 1. The van der Waals surface area contributed by atoms with E-state index in [-0.39, 0.29) is 17.4 Å². The molecule has 0 saturated carbocycles. The number of hydrogen-bond donors (Lipinski definition) is 1. The van der Waals surface area contributed by atoms with Crippen LogP contribution in [0.2, 0.25) is 5.02 Å². The predicted octanol–water partition coefficient (Wildman–Crippen LogP) is 1.62. The summed E-state index contributed by atoms with van der Waals surface area (Å²) >= 11 is 6.29. The number of hydrogen-bond acceptors (Lipinski definition) is 3. The molecule has 0 spiro atoms. The topological polar surface area (TPSA) is 38.7 Å². The van der Waals surface area contributed by atoms with Gasteiger partial charge < -0.3 is 14.6 Å². The molecule has 0 aromatic heterocycles. The predicted molar refractivity (Wildman–Crippen MR) is 64.3 cm³/mol. The molecule has 0 bridgehead atoms. The first-order valence-electron chi connectivity index (χ1n) is 5.76. The summed E-state index contributed by atoms with van der Waals surface area (Å²) in [5.41, 5.74) is 0.666. The quantitative estimate of drug-likeness (QED) is 0.891. The molecular weight excluding hydrogens is 240 g/mol. The fourth-order valence-corrected chi connectivity index (χ4v) is 3.09. The molecule has 2 aliphatic heterocycles. The van der Waals surface area contributed by atoms with Gasteiger partial charge in [0.25, 0.3) is 0 Å². The molecule has 2 fully saturated rings. The van der Waals surface area contributed by atoms with Gasteiger partial charge in [0.15, 0.2) is 0 Å². The molecule has 4 heteroatoms. The first kappa shape index (κ1) is 11.5. The largest absolute Gasteiger partial charge is 0.396 e. The highest BCUT2D eigenvalue weighted by Crippen LogP contribution is 2.52. The van der Waals surface area contributed by atoms with Crippen molar-refractivity contribution in [3.63, 3.8) is 0 Å². The Morgan fingerprint density at radius 1 is 1.12 bits per heavy atom. The highest BCUT2D eigenvalue weighted by atomic mass is 35.5. The van der Waals surface area contributed by atoms with Gasteiger partial charge in [-0.2, -0.15) is 0 Å². The van der Waals surface area contributed by atoms with Crippen LogP contribution in [0, 0.1) is 5.41 Å². The van der Waals surface area contributed by atoms with Crippen molar-refractivity contribution >= 4 is 11.6 Å². The van der Waals surface area contributed by atoms with Crippen molar-refractivity contribution in [2.75, 3.05) is 33.0 Å². The molecule has 2 heterocycles. The molecule has 1 aromatic carbocycles. The summed E-state index contributed by atoms with van der Waals surface area (Å²) in [6.45, 7) is 2.50. The molecule has 1 aromatic rings. The summed E-state index contributed by atoms with van der Waals surface area (Å²) in [5.74, 6) is 0. The van der Waals surface area contributed by atoms with E-state index in [0.717, 1.165) is 10.6 Å². The molecule has 0 atom stereocenters. The molecule has 2 aliphatic rings. The zero-order valence-electron chi connectivity index (χ0n) is 9.49. The zero-order chi connectivity index (χ0) is 11.9. The second-order valence-electron chi connectivity index (χ2n) is 4.99. The number of aliphatic hydroxyl groups excluding tert-OH is 1.